The maximum absolute atomic E-state index is 10.1. The van der Waals surface area contributed by atoms with Gasteiger partial charge in [0.2, 0.25) is 0 Å². The molecule has 0 amide bonds. The summed E-state index contributed by atoms with van der Waals surface area (Å²) in [7, 11) is 1.66. The number of rotatable bonds is 3. The predicted octanol–water partition coefficient (Wildman–Crippen LogP) is 2.67. The number of nitrogens with zero attached hydrogens (tertiary/aromatic N) is 2. The average Bonchev–Trinajstić information content (AvgIpc) is 2.45. The molecule has 4 nitrogen and oxygen atoms in total. The molecule has 1 atom stereocenters. The van der Waals surface area contributed by atoms with E-state index in [-0.39, 0.29) is 5.54 Å². The summed E-state index contributed by atoms with van der Waals surface area (Å²) >= 11 is 0. The molecule has 1 saturated heterocycles. The van der Waals surface area contributed by atoms with Crippen molar-refractivity contribution in [1.29, 1.82) is 0 Å². The van der Waals surface area contributed by atoms with Crippen LogP contribution in [0.25, 0.3) is 0 Å². The normalized spacial score (nSPS) is 18.7. The number of hydrogen-bond donors (Lipinski definition) is 1. The third-order valence-electron chi connectivity index (χ3n) is 4.25. The highest BCUT2D eigenvalue weighted by molar-refractivity contribution is 5.60. The SMILES string of the molecule is COc1cccc(N2CCN(C(C)(C)C)CC2)c1C(C)O. The van der Waals surface area contributed by atoms with Crippen LogP contribution in [0.1, 0.15) is 39.4 Å². The quantitative estimate of drug-likeness (QED) is 0.929. The number of piperazine rings is 1. The summed E-state index contributed by atoms with van der Waals surface area (Å²) in [4.78, 5) is 4.86. The maximum Gasteiger partial charge on any atom is 0.126 e. The van der Waals surface area contributed by atoms with Gasteiger partial charge in [-0.15, -0.1) is 0 Å². The van der Waals surface area contributed by atoms with Gasteiger partial charge < -0.3 is 14.7 Å². The molecular formula is C17H28N2O2. The fourth-order valence-electron chi connectivity index (χ4n) is 3.02. The van der Waals surface area contributed by atoms with E-state index in [9.17, 15) is 5.11 Å². The van der Waals surface area contributed by atoms with E-state index >= 15 is 0 Å². The first-order chi connectivity index (χ1) is 9.84. The zero-order chi connectivity index (χ0) is 15.6. The third-order valence-corrected chi connectivity index (χ3v) is 4.25. The summed E-state index contributed by atoms with van der Waals surface area (Å²) in [6, 6.07) is 5.99. The van der Waals surface area contributed by atoms with Gasteiger partial charge in [-0.25, -0.2) is 0 Å². The molecule has 0 aliphatic carbocycles. The van der Waals surface area contributed by atoms with E-state index in [0.29, 0.717) is 0 Å². The average molecular weight is 292 g/mol. The summed E-state index contributed by atoms with van der Waals surface area (Å²) in [6.45, 7) is 12.6. The van der Waals surface area contributed by atoms with Gasteiger partial charge in [-0.3, -0.25) is 4.90 Å². The van der Waals surface area contributed by atoms with Crippen LogP contribution in [0.3, 0.4) is 0 Å². The molecule has 1 aromatic carbocycles. The van der Waals surface area contributed by atoms with Crippen LogP contribution in [0.2, 0.25) is 0 Å². The number of anilines is 1. The Morgan fingerprint density at radius 3 is 2.24 bits per heavy atom. The van der Waals surface area contributed by atoms with Gasteiger partial charge in [-0.05, 0) is 39.8 Å². The van der Waals surface area contributed by atoms with E-state index in [1.165, 1.54) is 0 Å². The summed E-state index contributed by atoms with van der Waals surface area (Å²) in [5.74, 6) is 0.765. The second-order valence-electron chi connectivity index (χ2n) is 6.71. The topological polar surface area (TPSA) is 35.9 Å². The van der Waals surface area contributed by atoms with Crippen LogP contribution >= 0.6 is 0 Å². The van der Waals surface area contributed by atoms with E-state index in [1.54, 1.807) is 14.0 Å². The maximum atomic E-state index is 10.1. The fraction of sp³-hybridized carbons (Fsp3) is 0.647. The van der Waals surface area contributed by atoms with Crippen LogP contribution < -0.4 is 9.64 Å². The molecule has 0 aromatic heterocycles. The molecule has 1 aromatic rings. The van der Waals surface area contributed by atoms with Crippen molar-refractivity contribution in [3.05, 3.63) is 23.8 Å². The summed E-state index contributed by atoms with van der Waals surface area (Å²) in [5, 5.41) is 10.1. The number of aliphatic hydroxyl groups excluding tert-OH is 1. The van der Waals surface area contributed by atoms with Crippen LogP contribution in [0, 0.1) is 0 Å². The van der Waals surface area contributed by atoms with E-state index in [1.807, 2.05) is 12.1 Å². The molecular weight excluding hydrogens is 264 g/mol. The van der Waals surface area contributed by atoms with Crippen molar-refractivity contribution in [1.82, 2.24) is 4.90 Å². The minimum atomic E-state index is -0.531. The van der Waals surface area contributed by atoms with E-state index < -0.39 is 6.10 Å². The molecule has 0 spiro atoms. The Bertz CT molecular complexity index is 472. The van der Waals surface area contributed by atoms with Crippen molar-refractivity contribution in [2.75, 3.05) is 38.2 Å². The Balaban J connectivity index is 2.21. The Morgan fingerprint density at radius 1 is 1.14 bits per heavy atom. The highest BCUT2D eigenvalue weighted by atomic mass is 16.5. The molecule has 1 aliphatic rings. The van der Waals surface area contributed by atoms with E-state index in [0.717, 1.165) is 43.2 Å². The fourth-order valence-corrected chi connectivity index (χ4v) is 3.02. The zero-order valence-corrected chi connectivity index (χ0v) is 13.9. The van der Waals surface area contributed by atoms with Crippen molar-refractivity contribution in [2.24, 2.45) is 0 Å². The van der Waals surface area contributed by atoms with Crippen molar-refractivity contribution in [2.45, 2.75) is 39.3 Å². The molecule has 118 valence electrons. The Kier molecular flexibility index (Phi) is 4.79. The smallest absolute Gasteiger partial charge is 0.126 e. The molecule has 1 N–H and O–H groups in total. The van der Waals surface area contributed by atoms with Gasteiger partial charge in [0.15, 0.2) is 0 Å². The second-order valence-corrected chi connectivity index (χ2v) is 6.71. The lowest BCUT2D eigenvalue weighted by Crippen LogP contribution is -2.53. The van der Waals surface area contributed by atoms with Gasteiger partial charge in [0.25, 0.3) is 0 Å². The van der Waals surface area contributed by atoms with E-state index in [2.05, 4.69) is 36.6 Å². The Morgan fingerprint density at radius 2 is 1.76 bits per heavy atom. The third kappa shape index (κ3) is 3.50. The van der Waals surface area contributed by atoms with Crippen molar-refractivity contribution in [3.8, 4) is 5.75 Å². The van der Waals surface area contributed by atoms with Gasteiger partial charge in [0, 0.05) is 43.0 Å². The molecule has 1 fully saturated rings. The second kappa shape index (κ2) is 6.24. The van der Waals surface area contributed by atoms with Gasteiger partial charge >= 0.3 is 0 Å². The van der Waals surface area contributed by atoms with Crippen molar-refractivity contribution < 1.29 is 9.84 Å². The number of methoxy groups -OCH3 is 1. The summed E-state index contributed by atoms with van der Waals surface area (Å²) in [6.07, 6.45) is -0.531. The number of hydrogen-bond acceptors (Lipinski definition) is 4. The van der Waals surface area contributed by atoms with Gasteiger partial charge in [0.1, 0.15) is 5.75 Å². The zero-order valence-electron chi connectivity index (χ0n) is 13.9. The monoisotopic (exact) mass is 292 g/mol. The predicted molar refractivity (Wildman–Crippen MR) is 87.2 cm³/mol. The van der Waals surface area contributed by atoms with Crippen molar-refractivity contribution >= 4 is 5.69 Å². The Hall–Kier alpha value is -1.26. The van der Waals surface area contributed by atoms with E-state index in [4.69, 9.17) is 4.74 Å². The summed E-state index contributed by atoms with van der Waals surface area (Å²) in [5.41, 5.74) is 2.20. The lowest BCUT2D eigenvalue weighted by molar-refractivity contribution is 0.128. The lowest BCUT2D eigenvalue weighted by Gasteiger charge is -2.43. The van der Waals surface area contributed by atoms with Gasteiger partial charge in [-0.1, -0.05) is 6.07 Å². The van der Waals surface area contributed by atoms with Crippen molar-refractivity contribution in [3.63, 3.8) is 0 Å². The molecule has 0 bridgehead atoms. The highest BCUT2D eigenvalue weighted by Gasteiger charge is 2.27. The first-order valence-corrected chi connectivity index (χ1v) is 7.69. The molecule has 4 heteroatoms. The molecule has 1 unspecified atom stereocenters. The van der Waals surface area contributed by atoms with Crippen LogP contribution in [0.5, 0.6) is 5.75 Å². The van der Waals surface area contributed by atoms with Crippen LogP contribution in [-0.2, 0) is 0 Å². The Labute approximate surface area is 128 Å². The summed E-state index contributed by atoms with van der Waals surface area (Å²) < 4.78 is 5.42. The lowest BCUT2D eigenvalue weighted by atomic mass is 10.0. The number of aliphatic hydroxyl groups is 1. The first-order valence-electron chi connectivity index (χ1n) is 7.69. The molecule has 21 heavy (non-hydrogen) atoms. The van der Waals surface area contributed by atoms with Gasteiger partial charge in [-0.2, -0.15) is 0 Å². The van der Waals surface area contributed by atoms with Crippen LogP contribution in [0.15, 0.2) is 18.2 Å². The number of ether oxygens (including phenoxy) is 1. The minimum absolute atomic E-state index is 0.216. The van der Waals surface area contributed by atoms with Crippen LogP contribution in [-0.4, -0.2) is 48.8 Å². The molecule has 1 aliphatic heterocycles. The van der Waals surface area contributed by atoms with Crippen LogP contribution in [0.4, 0.5) is 5.69 Å². The number of benzene rings is 1. The first kappa shape index (κ1) is 16.1. The molecule has 1 heterocycles. The molecule has 2 rings (SSSR count). The highest BCUT2D eigenvalue weighted by Crippen LogP contribution is 2.35. The molecule has 0 radical (unpaired) electrons. The van der Waals surface area contributed by atoms with Gasteiger partial charge in [0.05, 0.1) is 13.2 Å². The standard InChI is InChI=1S/C17H28N2O2/c1-13(20)16-14(7-6-8-15(16)21-5)18-9-11-19(12-10-18)17(2,3)4/h6-8,13,20H,9-12H2,1-5H3. The largest absolute Gasteiger partial charge is 0.496 e. The molecule has 0 saturated carbocycles. The minimum Gasteiger partial charge on any atom is -0.496 e.